The number of amides is 4. The molecule has 0 radical (unpaired) electrons. The van der Waals surface area contributed by atoms with Crippen LogP contribution in [0.3, 0.4) is 0 Å². The largest absolute Gasteiger partial charge is 0.461 e. The number of piperazine rings is 1. The van der Waals surface area contributed by atoms with Crippen molar-refractivity contribution in [1.29, 1.82) is 0 Å². The van der Waals surface area contributed by atoms with E-state index in [9.17, 15) is 24.0 Å². The number of rotatable bonds is 12. The van der Waals surface area contributed by atoms with Gasteiger partial charge in [0.15, 0.2) is 5.82 Å². The SMILES string of the molecule is C#Cc1c(F)ccc2cccc(-c3ncc4c(N5CC6CCC(C5)N6C(=O)OC(C)(C)C)nc(OC[C@@]56CCCN5[C@H](COC(=O)N5CCC(OC7CCN(Cc8ccc9c(c8)n(C)c(=O)n9C8CCC(=O)NC8=O)CC7)CC5)CC6)nc4c3F)c12. The summed E-state index contributed by atoms with van der Waals surface area (Å²) >= 11 is 0. The smallest absolute Gasteiger partial charge is 0.410 e. The van der Waals surface area contributed by atoms with Crippen LogP contribution >= 0.6 is 0 Å². The van der Waals surface area contributed by atoms with Gasteiger partial charge < -0.3 is 28.7 Å². The molecule has 6 aromatic rings. The van der Waals surface area contributed by atoms with Gasteiger partial charge in [-0.15, -0.1) is 6.42 Å². The maximum atomic E-state index is 17.5. The van der Waals surface area contributed by atoms with Crippen molar-refractivity contribution >= 4 is 62.5 Å². The van der Waals surface area contributed by atoms with Gasteiger partial charge >= 0.3 is 23.9 Å². The number of halogens is 2. The van der Waals surface area contributed by atoms with E-state index in [-0.39, 0.29) is 108 Å². The molecule has 7 aliphatic rings. The number of hydrogen-bond acceptors (Lipinski definition) is 15. The number of terminal acetylenes is 1. The van der Waals surface area contributed by atoms with Crippen LogP contribution in [-0.4, -0.2) is 168 Å². The number of imidazole rings is 1. The van der Waals surface area contributed by atoms with E-state index in [1.807, 2.05) is 43.9 Å². The Morgan fingerprint density at radius 2 is 1.62 bits per heavy atom. The van der Waals surface area contributed by atoms with Gasteiger partial charge in [0, 0.05) is 82.5 Å². The first kappa shape index (κ1) is 57.3. The third-order valence-corrected chi connectivity index (χ3v) is 19.0. The number of anilines is 1. The predicted molar refractivity (Wildman–Crippen MR) is 316 cm³/mol. The summed E-state index contributed by atoms with van der Waals surface area (Å²) in [5.74, 6) is 0.803. The number of hydrogen-bond donors (Lipinski definition) is 1. The summed E-state index contributed by atoms with van der Waals surface area (Å²) in [4.78, 5) is 89.8. The lowest BCUT2D eigenvalue weighted by molar-refractivity contribution is -0.135. The van der Waals surface area contributed by atoms with Crippen LogP contribution in [0.4, 0.5) is 24.2 Å². The zero-order valence-corrected chi connectivity index (χ0v) is 49.2. The number of carbonyl (C=O) groups excluding carboxylic acids is 4. The first-order chi connectivity index (χ1) is 41.4. The molecule has 1 N–H and O–H groups in total. The number of ether oxygens (including phenoxy) is 4. The van der Waals surface area contributed by atoms with Crippen molar-refractivity contribution in [3.63, 3.8) is 0 Å². The molecule has 3 aromatic carbocycles. The molecule has 13 rings (SSSR count). The van der Waals surface area contributed by atoms with E-state index < -0.39 is 29.2 Å². The van der Waals surface area contributed by atoms with E-state index >= 15 is 8.78 Å². The van der Waals surface area contributed by atoms with Crippen molar-refractivity contribution in [3.8, 4) is 29.6 Å². The standard InChI is InChI=1S/C64H73F2N11O9/c1-6-45-48(65)15-12-39-9-7-10-46(53(39)45)55-54(66)56-47(32-67-55)57(74-34-40-13-14-41(35-74)76(40)62(82)86-63(2,3)4)70-59(69-56)84-37-64-24-8-26-75(64)42(19-25-64)36-83-61(81)73-29-22-44(23-30-73)85-43-20-27-72(28-21-43)33-38-11-16-49-51(31-38)71(5)60(80)77(49)50-17-18-52(78)68-58(50)79/h1,7,9-12,15-16,31-32,40-44,50H,8,13-14,17-30,33-37H2,2-5H3,(H,68,78,79)/t40?,41?,42-,50?,64-/m0/s1. The Hall–Kier alpha value is -7.74. The van der Waals surface area contributed by atoms with Gasteiger partial charge in [0.25, 0.3) is 0 Å². The topological polar surface area (TPSA) is 199 Å². The van der Waals surface area contributed by atoms with Gasteiger partial charge in [0.05, 0.1) is 51.8 Å². The van der Waals surface area contributed by atoms with Crippen LogP contribution in [0.5, 0.6) is 6.01 Å². The quantitative estimate of drug-likeness (QED) is 0.0913. The zero-order valence-electron chi connectivity index (χ0n) is 49.2. The van der Waals surface area contributed by atoms with E-state index in [0.717, 1.165) is 94.9 Å². The summed E-state index contributed by atoms with van der Waals surface area (Å²) < 4.78 is 61.0. The molecule has 4 amide bonds. The molecule has 0 saturated carbocycles. The van der Waals surface area contributed by atoms with Crippen LogP contribution in [0.1, 0.15) is 115 Å². The molecule has 20 nitrogen and oxygen atoms in total. The van der Waals surface area contributed by atoms with Gasteiger partial charge in [-0.1, -0.05) is 36.3 Å². The maximum absolute atomic E-state index is 17.5. The lowest BCUT2D eigenvalue weighted by Gasteiger charge is -2.42. The van der Waals surface area contributed by atoms with Crippen molar-refractivity contribution in [2.45, 2.75) is 152 Å². The molecule has 7 saturated heterocycles. The van der Waals surface area contributed by atoms with E-state index in [1.165, 1.54) is 10.6 Å². The number of nitrogens with one attached hydrogen (secondary N) is 1. The number of piperidine rings is 3. The third-order valence-electron chi connectivity index (χ3n) is 19.0. The fourth-order valence-corrected chi connectivity index (χ4v) is 14.8. The van der Waals surface area contributed by atoms with E-state index in [4.69, 9.17) is 35.3 Å². The fraction of sp³-hybridized carbons (Fsp3) is 0.531. The van der Waals surface area contributed by atoms with Crippen LogP contribution in [0.2, 0.25) is 0 Å². The fourth-order valence-electron chi connectivity index (χ4n) is 14.8. The highest BCUT2D eigenvalue weighted by molar-refractivity contribution is 6.02. The lowest BCUT2D eigenvalue weighted by Crippen LogP contribution is -2.57. The second kappa shape index (κ2) is 22.8. The van der Waals surface area contributed by atoms with Gasteiger partial charge in [-0.05, 0) is 127 Å². The average molecular weight is 1180 g/mol. The molecule has 22 heteroatoms. The number of benzene rings is 3. The molecule has 5 atom stereocenters. The normalized spacial score (nSPS) is 24.2. The number of fused-ring (bicyclic) bond motifs is 6. The monoisotopic (exact) mass is 1180 g/mol. The second-order valence-electron chi connectivity index (χ2n) is 25.5. The summed E-state index contributed by atoms with van der Waals surface area (Å²) in [5.41, 5.74) is 1.44. The highest BCUT2D eigenvalue weighted by atomic mass is 19.1. The van der Waals surface area contributed by atoms with E-state index in [2.05, 4.69) is 30.9 Å². The Labute approximate surface area is 497 Å². The predicted octanol–water partition coefficient (Wildman–Crippen LogP) is 7.98. The summed E-state index contributed by atoms with van der Waals surface area (Å²) in [6.07, 6.45) is 15.5. The second-order valence-corrected chi connectivity index (χ2v) is 25.5. The Kier molecular flexibility index (Phi) is 15.2. The van der Waals surface area contributed by atoms with Crippen LogP contribution in [-0.2, 0) is 37.4 Å². The Balaban J connectivity index is 0.631. The van der Waals surface area contributed by atoms with Crippen LogP contribution in [0, 0.1) is 24.0 Å². The number of aryl methyl sites for hydroxylation is 1. The first-order valence-electron chi connectivity index (χ1n) is 30.5. The molecule has 7 fully saturated rings. The van der Waals surface area contributed by atoms with Crippen LogP contribution in [0.15, 0.2) is 59.5 Å². The van der Waals surface area contributed by atoms with Gasteiger partial charge in [0.2, 0.25) is 11.8 Å². The highest BCUT2D eigenvalue weighted by Crippen LogP contribution is 2.44. The molecule has 2 bridgehead atoms. The van der Waals surface area contributed by atoms with E-state index in [0.29, 0.717) is 65.8 Å². The van der Waals surface area contributed by atoms with Gasteiger partial charge in [-0.3, -0.25) is 43.7 Å². The van der Waals surface area contributed by atoms with Crippen molar-refractivity contribution in [2.75, 3.05) is 63.9 Å². The minimum Gasteiger partial charge on any atom is -0.461 e. The summed E-state index contributed by atoms with van der Waals surface area (Å²) in [5, 5.41) is 3.74. The molecular weight excluding hydrogens is 1100 g/mol. The van der Waals surface area contributed by atoms with Crippen LogP contribution < -0.4 is 20.6 Å². The summed E-state index contributed by atoms with van der Waals surface area (Å²) in [6, 6.07) is 13.0. The molecule has 3 unspecified atom stereocenters. The van der Waals surface area contributed by atoms with Gasteiger partial charge in [-0.2, -0.15) is 9.97 Å². The minimum atomic E-state index is -0.730. The number of nitrogens with zero attached hydrogens (tertiary/aromatic N) is 10. The zero-order chi connectivity index (χ0) is 59.8. The molecule has 86 heavy (non-hydrogen) atoms. The third kappa shape index (κ3) is 10.8. The Bertz CT molecular complexity index is 3770. The summed E-state index contributed by atoms with van der Waals surface area (Å²) in [7, 11) is 1.71. The van der Waals surface area contributed by atoms with Gasteiger partial charge in [-0.25, -0.2) is 23.2 Å². The number of aromatic nitrogens is 5. The minimum absolute atomic E-state index is 0.00358. The van der Waals surface area contributed by atoms with Crippen molar-refractivity contribution in [2.24, 2.45) is 7.05 Å². The first-order valence-corrected chi connectivity index (χ1v) is 30.5. The molecule has 0 spiro atoms. The number of imide groups is 1. The van der Waals surface area contributed by atoms with Crippen molar-refractivity contribution in [1.82, 2.24) is 49.0 Å². The molecule has 0 aliphatic carbocycles. The van der Waals surface area contributed by atoms with E-state index in [1.54, 1.807) is 47.0 Å². The highest BCUT2D eigenvalue weighted by Gasteiger charge is 2.51. The van der Waals surface area contributed by atoms with Crippen molar-refractivity contribution in [3.05, 3.63) is 88.0 Å². The average Bonchev–Trinajstić information content (AvgIpc) is 3.84. The number of pyridine rings is 1. The number of likely N-dealkylation sites (tertiary alicyclic amines) is 2. The summed E-state index contributed by atoms with van der Waals surface area (Å²) in [6.45, 7) is 11.2. The van der Waals surface area contributed by atoms with Crippen LogP contribution in [0.25, 0.3) is 44.0 Å². The molecule has 10 heterocycles. The Morgan fingerprint density at radius 3 is 2.35 bits per heavy atom. The Morgan fingerprint density at radius 1 is 0.860 bits per heavy atom. The van der Waals surface area contributed by atoms with Crippen molar-refractivity contribution < 1.29 is 46.9 Å². The molecular formula is C64H73F2N11O9. The molecule has 452 valence electrons. The molecule has 7 aliphatic heterocycles. The van der Waals surface area contributed by atoms with Gasteiger partial charge in [0.1, 0.15) is 47.7 Å². The maximum Gasteiger partial charge on any atom is 0.410 e. The molecule has 3 aromatic heterocycles. The lowest BCUT2D eigenvalue weighted by atomic mass is 9.95. The number of carbonyl (C=O) groups is 4.